The zero-order valence-corrected chi connectivity index (χ0v) is 19.8. The highest BCUT2D eigenvalue weighted by Crippen LogP contribution is 2.15. The van der Waals surface area contributed by atoms with Crippen molar-refractivity contribution in [3.63, 3.8) is 0 Å². The molecular formula is C28H18N6O4. The third-order valence-corrected chi connectivity index (χ3v) is 5.81. The number of pyridine rings is 2. The van der Waals surface area contributed by atoms with Gasteiger partial charge in [0.2, 0.25) is 0 Å². The van der Waals surface area contributed by atoms with E-state index < -0.39 is 10.8 Å². The smallest absolute Gasteiger partial charge is 0.271 e. The Balaban J connectivity index is 1.72. The Kier molecular flexibility index (Phi) is 6.40. The Morgan fingerprint density at radius 3 is 2.63 bits per heavy atom. The molecule has 0 aliphatic carbocycles. The zero-order valence-electron chi connectivity index (χ0n) is 19.8. The summed E-state index contributed by atoms with van der Waals surface area (Å²) in [5.74, 6) is -0.688. The number of hydrogen-bond donors (Lipinski definition) is 0. The SMILES string of the molecule is N#Cc1cc2c(=O)n3ccccc3nc2n(Cc2ccccc2)c1=NC(=O)C=Cc1cccc([N+](=O)[O-])c1. The topological polar surface area (TPSA) is 136 Å². The summed E-state index contributed by atoms with van der Waals surface area (Å²) in [4.78, 5) is 45.5. The number of fused-ring (bicyclic) bond motifs is 2. The maximum Gasteiger partial charge on any atom is 0.271 e. The summed E-state index contributed by atoms with van der Waals surface area (Å²) in [6.45, 7) is 0.197. The third kappa shape index (κ3) is 4.72. The van der Waals surface area contributed by atoms with Crippen molar-refractivity contribution in [1.82, 2.24) is 14.0 Å². The lowest BCUT2D eigenvalue weighted by Gasteiger charge is -2.13. The summed E-state index contributed by atoms with van der Waals surface area (Å²) in [7, 11) is 0. The van der Waals surface area contributed by atoms with Crippen LogP contribution in [0.5, 0.6) is 0 Å². The van der Waals surface area contributed by atoms with Gasteiger partial charge in [-0.1, -0.05) is 48.5 Å². The molecule has 0 N–H and O–H groups in total. The molecule has 0 atom stereocenters. The lowest BCUT2D eigenvalue weighted by atomic mass is 10.2. The van der Waals surface area contributed by atoms with Crippen molar-refractivity contribution in [2.24, 2.45) is 4.99 Å². The van der Waals surface area contributed by atoms with Crippen LogP contribution in [-0.2, 0) is 11.3 Å². The van der Waals surface area contributed by atoms with Gasteiger partial charge in [0.15, 0.2) is 5.49 Å². The molecule has 0 radical (unpaired) electrons. The maximum absolute atomic E-state index is 13.3. The van der Waals surface area contributed by atoms with E-state index in [1.54, 1.807) is 35.0 Å². The van der Waals surface area contributed by atoms with Crippen LogP contribution in [0.15, 0.2) is 101 Å². The van der Waals surface area contributed by atoms with Gasteiger partial charge in [0, 0.05) is 24.4 Å². The maximum atomic E-state index is 13.3. The second-order valence-corrected chi connectivity index (χ2v) is 8.28. The predicted octanol–water partition coefficient (Wildman–Crippen LogP) is 3.62. The lowest BCUT2D eigenvalue weighted by Crippen LogP contribution is -2.29. The number of rotatable bonds is 5. The van der Waals surface area contributed by atoms with Crippen molar-refractivity contribution in [3.8, 4) is 6.07 Å². The fourth-order valence-electron chi connectivity index (χ4n) is 4.05. The van der Waals surface area contributed by atoms with Crippen molar-refractivity contribution >= 4 is 34.4 Å². The Morgan fingerprint density at radius 2 is 1.87 bits per heavy atom. The molecule has 38 heavy (non-hydrogen) atoms. The highest BCUT2D eigenvalue weighted by atomic mass is 16.6. The molecule has 2 aromatic carbocycles. The van der Waals surface area contributed by atoms with Gasteiger partial charge in [-0.3, -0.25) is 24.1 Å². The van der Waals surface area contributed by atoms with Gasteiger partial charge in [-0.05, 0) is 35.4 Å². The zero-order chi connectivity index (χ0) is 26.6. The standard InChI is InChI=1S/C28H18N6O4/c29-17-21-16-23-27(30-24-11-4-5-14-32(24)28(23)36)33(18-20-7-2-1-3-8-20)26(21)31-25(35)13-12-19-9-6-10-22(15-19)34(37)38/h1-16H,18H2. The molecule has 0 spiro atoms. The van der Waals surface area contributed by atoms with Crippen LogP contribution in [0.1, 0.15) is 16.7 Å². The first-order valence-electron chi connectivity index (χ1n) is 11.4. The first-order chi connectivity index (χ1) is 18.4. The van der Waals surface area contributed by atoms with Gasteiger partial charge in [0.25, 0.3) is 17.2 Å². The van der Waals surface area contributed by atoms with E-state index in [1.807, 2.05) is 36.4 Å². The Labute approximate surface area is 214 Å². The van der Waals surface area contributed by atoms with Crippen LogP contribution in [0.25, 0.3) is 22.8 Å². The molecular weight excluding hydrogens is 484 g/mol. The van der Waals surface area contributed by atoms with E-state index >= 15 is 0 Å². The van der Waals surface area contributed by atoms with Crippen LogP contribution in [-0.4, -0.2) is 24.8 Å². The van der Waals surface area contributed by atoms with Crippen molar-refractivity contribution < 1.29 is 9.72 Å². The van der Waals surface area contributed by atoms with Gasteiger partial charge in [-0.2, -0.15) is 10.3 Å². The summed E-state index contributed by atoms with van der Waals surface area (Å²) in [5, 5.41) is 21.2. The van der Waals surface area contributed by atoms with E-state index in [9.17, 15) is 25.0 Å². The molecule has 5 aromatic rings. The minimum absolute atomic E-state index is 0.0281. The van der Waals surface area contributed by atoms with Crippen molar-refractivity contribution in [2.75, 3.05) is 0 Å². The average molecular weight is 502 g/mol. The third-order valence-electron chi connectivity index (χ3n) is 5.81. The second-order valence-electron chi connectivity index (χ2n) is 8.28. The number of carbonyl (C=O) groups excluding carboxylic acids is 1. The first-order valence-corrected chi connectivity index (χ1v) is 11.4. The summed E-state index contributed by atoms with van der Waals surface area (Å²) in [6, 6.07) is 23.7. The average Bonchev–Trinajstić information content (AvgIpc) is 2.94. The molecule has 0 unspecified atom stereocenters. The summed E-state index contributed by atoms with van der Waals surface area (Å²) >= 11 is 0. The van der Waals surface area contributed by atoms with Gasteiger partial charge in [-0.15, -0.1) is 0 Å². The lowest BCUT2D eigenvalue weighted by molar-refractivity contribution is -0.384. The summed E-state index contributed by atoms with van der Waals surface area (Å²) < 4.78 is 2.97. The van der Waals surface area contributed by atoms with E-state index in [4.69, 9.17) is 0 Å². The summed E-state index contributed by atoms with van der Waals surface area (Å²) in [6.07, 6.45) is 4.17. The number of carbonyl (C=O) groups is 1. The first kappa shape index (κ1) is 24.0. The fourth-order valence-corrected chi connectivity index (χ4v) is 4.05. The van der Waals surface area contributed by atoms with Crippen LogP contribution in [0.4, 0.5) is 5.69 Å². The Bertz CT molecular complexity index is 1930. The number of nitrogens with zero attached hydrogens (tertiary/aromatic N) is 6. The molecule has 10 heteroatoms. The number of aromatic nitrogens is 3. The van der Waals surface area contributed by atoms with Gasteiger partial charge in [0.05, 0.1) is 22.4 Å². The van der Waals surface area contributed by atoms with E-state index in [2.05, 4.69) is 9.98 Å². The molecule has 0 fully saturated rings. The predicted molar refractivity (Wildman–Crippen MR) is 140 cm³/mol. The monoisotopic (exact) mass is 502 g/mol. The Hall–Kier alpha value is -5.69. The molecule has 3 heterocycles. The van der Waals surface area contributed by atoms with Crippen LogP contribution < -0.4 is 11.0 Å². The summed E-state index contributed by atoms with van der Waals surface area (Å²) in [5.41, 5.74) is 1.58. The van der Waals surface area contributed by atoms with Gasteiger partial charge in [0.1, 0.15) is 17.4 Å². The van der Waals surface area contributed by atoms with E-state index in [0.717, 1.165) is 5.56 Å². The molecule has 184 valence electrons. The normalized spacial score (nSPS) is 11.7. The van der Waals surface area contributed by atoms with E-state index in [-0.39, 0.29) is 39.9 Å². The van der Waals surface area contributed by atoms with Crippen LogP contribution in [0, 0.1) is 21.4 Å². The number of nitro benzene ring substituents is 1. The molecule has 0 bridgehead atoms. The number of amides is 1. The molecule has 0 saturated carbocycles. The number of benzene rings is 2. The molecule has 1 amide bonds. The van der Waals surface area contributed by atoms with E-state index in [0.29, 0.717) is 11.2 Å². The molecule has 0 aliphatic heterocycles. The van der Waals surface area contributed by atoms with Gasteiger partial charge in [-0.25, -0.2) is 4.98 Å². The van der Waals surface area contributed by atoms with Crippen LogP contribution in [0.2, 0.25) is 0 Å². The number of nitriles is 1. The molecule has 0 aliphatic rings. The molecule has 10 nitrogen and oxygen atoms in total. The van der Waals surface area contributed by atoms with Crippen molar-refractivity contribution in [2.45, 2.75) is 6.54 Å². The number of nitro groups is 1. The molecule has 5 rings (SSSR count). The minimum atomic E-state index is -0.688. The van der Waals surface area contributed by atoms with Gasteiger partial charge < -0.3 is 4.57 Å². The van der Waals surface area contributed by atoms with Crippen LogP contribution >= 0.6 is 0 Å². The van der Waals surface area contributed by atoms with Crippen LogP contribution in [0.3, 0.4) is 0 Å². The quantitative estimate of drug-likeness (QED) is 0.156. The van der Waals surface area contributed by atoms with E-state index in [1.165, 1.54) is 40.8 Å². The highest BCUT2D eigenvalue weighted by molar-refractivity contribution is 5.92. The highest BCUT2D eigenvalue weighted by Gasteiger charge is 2.15. The fraction of sp³-hybridized carbons (Fsp3) is 0.0357. The van der Waals surface area contributed by atoms with Crippen molar-refractivity contribution in [3.05, 3.63) is 134 Å². The minimum Gasteiger partial charge on any atom is -0.305 e. The van der Waals surface area contributed by atoms with Gasteiger partial charge >= 0.3 is 0 Å². The second kappa shape index (κ2) is 10.1. The molecule has 3 aromatic heterocycles. The number of non-ortho nitro benzene ring substituents is 1. The number of hydrogen-bond acceptors (Lipinski definition) is 6. The van der Waals surface area contributed by atoms with Crippen molar-refractivity contribution in [1.29, 1.82) is 5.26 Å². The largest absolute Gasteiger partial charge is 0.305 e. The Morgan fingerprint density at radius 1 is 1.08 bits per heavy atom. The molecule has 0 saturated heterocycles.